The van der Waals surface area contributed by atoms with Gasteiger partial charge in [0.1, 0.15) is 10.8 Å². The van der Waals surface area contributed by atoms with Crippen molar-refractivity contribution in [2.75, 3.05) is 7.11 Å². The van der Waals surface area contributed by atoms with Gasteiger partial charge in [-0.3, -0.25) is 0 Å². The van der Waals surface area contributed by atoms with E-state index in [0.29, 0.717) is 10.8 Å². The third kappa shape index (κ3) is 4.11. The number of rotatable bonds is 5. The first kappa shape index (κ1) is 16.6. The van der Waals surface area contributed by atoms with Crippen LogP contribution in [-0.4, -0.2) is 18.1 Å². The quantitative estimate of drug-likeness (QED) is 0.873. The molecule has 2 rings (SSSR count). The molecule has 2 amide bonds. The zero-order chi connectivity index (χ0) is 16.1. The lowest BCUT2D eigenvalue weighted by Crippen LogP contribution is -2.36. The number of benzene rings is 1. The lowest BCUT2D eigenvalue weighted by Gasteiger charge is -2.14. The molecule has 0 saturated heterocycles. The molecule has 0 bridgehead atoms. The number of halogens is 1. The van der Waals surface area contributed by atoms with Gasteiger partial charge in [0.2, 0.25) is 0 Å². The van der Waals surface area contributed by atoms with Crippen LogP contribution in [0.3, 0.4) is 0 Å². The predicted octanol–water partition coefficient (Wildman–Crippen LogP) is 3.67. The molecule has 0 radical (unpaired) electrons. The Morgan fingerprint density at radius 3 is 2.91 bits per heavy atom. The second-order valence-electron chi connectivity index (χ2n) is 4.78. The van der Waals surface area contributed by atoms with Crippen molar-refractivity contribution in [2.45, 2.75) is 26.4 Å². The van der Waals surface area contributed by atoms with Gasteiger partial charge in [0.25, 0.3) is 0 Å². The van der Waals surface area contributed by atoms with E-state index in [1.54, 1.807) is 36.8 Å². The van der Waals surface area contributed by atoms with Gasteiger partial charge in [-0.25, -0.2) is 9.78 Å². The number of hydrogen-bond donors (Lipinski definition) is 2. The Bertz CT molecular complexity index is 660. The number of thiazole rings is 1. The monoisotopic (exact) mass is 339 g/mol. The van der Waals surface area contributed by atoms with Crippen molar-refractivity contribution in [1.29, 1.82) is 0 Å². The minimum Gasteiger partial charge on any atom is -0.496 e. The van der Waals surface area contributed by atoms with Gasteiger partial charge in [0, 0.05) is 28.2 Å². The normalized spacial score (nSPS) is 11.8. The number of methoxy groups -OCH3 is 1. The van der Waals surface area contributed by atoms with Crippen LogP contribution < -0.4 is 15.4 Å². The van der Waals surface area contributed by atoms with E-state index in [4.69, 9.17) is 16.3 Å². The number of nitrogens with one attached hydrogen (secondary N) is 2. The molecule has 1 aromatic carbocycles. The molecule has 5 nitrogen and oxygen atoms in total. The van der Waals surface area contributed by atoms with Gasteiger partial charge >= 0.3 is 6.03 Å². The maximum atomic E-state index is 12.0. The summed E-state index contributed by atoms with van der Waals surface area (Å²) in [7, 11) is 1.57. The van der Waals surface area contributed by atoms with Crippen molar-refractivity contribution in [3.05, 3.63) is 44.9 Å². The summed E-state index contributed by atoms with van der Waals surface area (Å²) in [6, 6.07) is 4.95. The van der Waals surface area contributed by atoms with Crippen molar-refractivity contribution < 1.29 is 9.53 Å². The van der Waals surface area contributed by atoms with E-state index >= 15 is 0 Å². The highest BCUT2D eigenvalue weighted by Gasteiger charge is 2.14. The third-order valence-electron chi connectivity index (χ3n) is 3.08. The Morgan fingerprint density at radius 1 is 1.50 bits per heavy atom. The van der Waals surface area contributed by atoms with Crippen LogP contribution in [0, 0.1) is 6.92 Å². The Labute approximate surface area is 138 Å². The van der Waals surface area contributed by atoms with Crippen molar-refractivity contribution in [3.63, 3.8) is 0 Å². The fraction of sp³-hybridized carbons (Fsp3) is 0.333. The summed E-state index contributed by atoms with van der Waals surface area (Å²) < 4.78 is 5.25. The smallest absolute Gasteiger partial charge is 0.315 e. The zero-order valence-electron chi connectivity index (χ0n) is 12.6. The van der Waals surface area contributed by atoms with Crippen LogP contribution in [0.1, 0.15) is 28.4 Å². The van der Waals surface area contributed by atoms with Crippen LogP contribution in [0.25, 0.3) is 0 Å². The fourth-order valence-electron chi connectivity index (χ4n) is 1.95. The molecule has 0 saturated carbocycles. The molecule has 0 aliphatic heterocycles. The Kier molecular flexibility index (Phi) is 5.63. The summed E-state index contributed by atoms with van der Waals surface area (Å²) in [5.41, 5.74) is 0.750. The van der Waals surface area contributed by atoms with Crippen LogP contribution in [-0.2, 0) is 6.54 Å². The summed E-state index contributed by atoms with van der Waals surface area (Å²) in [5, 5.41) is 7.07. The van der Waals surface area contributed by atoms with Crippen molar-refractivity contribution in [1.82, 2.24) is 15.6 Å². The Hall–Kier alpha value is -1.79. The lowest BCUT2D eigenvalue weighted by molar-refractivity contribution is 0.237. The average Bonchev–Trinajstić information content (AvgIpc) is 2.92. The third-order valence-corrected chi connectivity index (χ3v) is 4.53. The molecule has 0 aliphatic rings. The van der Waals surface area contributed by atoms with Crippen LogP contribution in [0.2, 0.25) is 5.02 Å². The highest BCUT2D eigenvalue weighted by atomic mass is 35.5. The zero-order valence-corrected chi connectivity index (χ0v) is 14.2. The molecule has 0 fully saturated rings. The van der Waals surface area contributed by atoms with Gasteiger partial charge < -0.3 is 15.4 Å². The summed E-state index contributed by atoms with van der Waals surface area (Å²) in [6.45, 7) is 4.17. The van der Waals surface area contributed by atoms with E-state index in [0.717, 1.165) is 15.4 Å². The molecule has 118 valence electrons. The van der Waals surface area contributed by atoms with E-state index in [9.17, 15) is 4.79 Å². The van der Waals surface area contributed by atoms with Gasteiger partial charge in [-0.1, -0.05) is 17.7 Å². The van der Waals surface area contributed by atoms with Gasteiger partial charge in [-0.15, -0.1) is 11.3 Å². The van der Waals surface area contributed by atoms with Crippen LogP contribution in [0.4, 0.5) is 4.79 Å². The number of urea groups is 1. The van der Waals surface area contributed by atoms with E-state index in [2.05, 4.69) is 15.6 Å². The Balaban J connectivity index is 1.93. The van der Waals surface area contributed by atoms with E-state index in [1.807, 2.05) is 19.9 Å². The number of carbonyl (C=O) groups is 1. The van der Waals surface area contributed by atoms with E-state index in [1.165, 1.54) is 0 Å². The van der Waals surface area contributed by atoms with Gasteiger partial charge in [0.15, 0.2) is 0 Å². The van der Waals surface area contributed by atoms with Crippen molar-refractivity contribution in [2.24, 2.45) is 0 Å². The van der Waals surface area contributed by atoms with E-state index in [-0.39, 0.29) is 18.6 Å². The second-order valence-corrected chi connectivity index (χ2v) is 6.45. The standard InChI is InChI=1S/C15H18ClN3O2S/c1-9-7-17-14(22-9)10(2)19-15(20)18-8-11-12(16)5-4-6-13(11)21-3/h4-7,10H,8H2,1-3H3,(H2,18,19,20)/t10-/m0/s1. The highest BCUT2D eigenvalue weighted by Crippen LogP contribution is 2.26. The molecule has 22 heavy (non-hydrogen) atoms. The largest absolute Gasteiger partial charge is 0.496 e. The number of aryl methyl sites for hydroxylation is 1. The SMILES string of the molecule is COc1cccc(Cl)c1CNC(=O)N[C@@H](C)c1ncc(C)s1. The molecule has 0 spiro atoms. The molecule has 0 aliphatic carbocycles. The minimum atomic E-state index is -0.276. The molecule has 1 atom stereocenters. The molecule has 1 aromatic heterocycles. The van der Waals surface area contributed by atoms with Crippen LogP contribution in [0.15, 0.2) is 24.4 Å². The lowest BCUT2D eigenvalue weighted by atomic mass is 10.2. The summed E-state index contributed by atoms with van der Waals surface area (Å²) in [4.78, 5) is 17.4. The highest BCUT2D eigenvalue weighted by molar-refractivity contribution is 7.11. The molecular weight excluding hydrogens is 322 g/mol. The molecule has 1 heterocycles. The van der Waals surface area contributed by atoms with Crippen LogP contribution >= 0.6 is 22.9 Å². The molecule has 7 heteroatoms. The van der Waals surface area contributed by atoms with Gasteiger partial charge in [-0.05, 0) is 26.0 Å². The summed E-state index contributed by atoms with van der Waals surface area (Å²) in [6.07, 6.45) is 1.80. The number of amides is 2. The summed E-state index contributed by atoms with van der Waals surface area (Å²) in [5.74, 6) is 0.649. The topological polar surface area (TPSA) is 63.2 Å². The number of hydrogen-bond acceptors (Lipinski definition) is 4. The van der Waals surface area contributed by atoms with E-state index < -0.39 is 0 Å². The summed E-state index contributed by atoms with van der Waals surface area (Å²) >= 11 is 7.70. The first-order valence-electron chi connectivity index (χ1n) is 6.79. The number of nitrogens with zero attached hydrogens (tertiary/aromatic N) is 1. The predicted molar refractivity (Wildman–Crippen MR) is 88.6 cm³/mol. The molecule has 0 unspecified atom stereocenters. The van der Waals surface area contributed by atoms with Gasteiger partial charge in [-0.2, -0.15) is 0 Å². The number of ether oxygens (including phenoxy) is 1. The minimum absolute atomic E-state index is 0.146. The molecule has 2 N–H and O–H groups in total. The number of carbonyl (C=O) groups excluding carboxylic acids is 1. The van der Waals surface area contributed by atoms with Crippen molar-refractivity contribution >= 4 is 29.0 Å². The van der Waals surface area contributed by atoms with Crippen molar-refractivity contribution in [3.8, 4) is 5.75 Å². The van der Waals surface area contributed by atoms with Crippen LogP contribution in [0.5, 0.6) is 5.75 Å². The fourth-order valence-corrected chi connectivity index (χ4v) is 2.96. The maximum absolute atomic E-state index is 12.0. The first-order chi connectivity index (χ1) is 10.5. The number of aromatic nitrogens is 1. The first-order valence-corrected chi connectivity index (χ1v) is 7.98. The molecular formula is C15H18ClN3O2S. The maximum Gasteiger partial charge on any atom is 0.315 e. The second kappa shape index (κ2) is 7.47. The molecule has 2 aromatic rings. The average molecular weight is 340 g/mol. The Morgan fingerprint density at radius 2 is 2.27 bits per heavy atom. The van der Waals surface area contributed by atoms with Gasteiger partial charge in [0.05, 0.1) is 13.2 Å².